The molecule has 0 aromatic heterocycles. The third-order valence-corrected chi connectivity index (χ3v) is 3.60. The molecule has 0 aliphatic carbocycles. The molecule has 2 aromatic carbocycles. The summed E-state index contributed by atoms with van der Waals surface area (Å²) in [5.41, 5.74) is 0.182. The van der Waals surface area contributed by atoms with E-state index in [4.69, 9.17) is 9.47 Å². The van der Waals surface area contributed by atoms with E-state index in [-0.39, 0.29) is 22.8 Å². The molecule has 0 radical (unpaired) electrons. The fourth-order valence-corrected chi connectivity index (χ4v) is 2.31. The number of carbonyl (C=O) groups is 2. The van der Waals surface area contributed by atoms with E-state index in [2.05, 4.69) is 5.32 Å². The first-order valence-corrected chi connectivity index (χ1v) is 7.81. The van der Waals surface area contributed by atoms with Gasteiger partial charge in [-0.25, -0.2) is 8.78 Å². The minimum atomic E-state index is -3.09. The molecule has 0 heterocycles. The van der Waals surface area contributed by atoms with Gasteiger partial charge in [-0.15, -0.1) is 0 Å². The Bertz CT molecular complexity index is 815. The summed E-state index contributed by atoms with van der Waals surface area (Å²) in [6, 6.07) is 10.2. The van der Waals surface area contributed by atoms with Crippen LogP contribution in [0.15, 0.2) is 42.5 Å². The molecule has 0 spiro atoms. The van der Waals surface area contributed by atoms with Gasteiger partial charge in [0, 0.05) is 23.7 Å². The number of ketones is 1. The molecule has 0 saturated carbocycles. The molecule has 2 rings (SSSR count). The predicted molar refractivity (Wildman–Crippen MR) is 93.1 cm³/mol. The van der Waals surface area contributed by atoms with Gasteiger partial charge in [0.1, 0.15) is 0 Å². The number of carbonyl (C=O) groups excluding carboxylic acids is 2. The summed E-state index contributed by atoms with van der Waals surface area (Å²) < 4.78 is 37.7. The number of methoxy groups -OCH3 is 1. The Hall–Kier alpha value is -2.96. The van der Waals surface area contributed by atoms with E-state index in [9.17, 15) is 18.4 Å². The average Bonchev–Trinajstić information content (AvgIpc) is 2.59. The number of amides is 1. The van der Waals surface area contributed by atoms with E-state index in [0.717, 1.165) is 6.92 Å². The maximum Gasteiger partial charge on any atom is 0.272 e. The summed E-state index contributed by atoms with van der Waals surface area (Å²) in [7, 11) is 1.41. The number of anilines is 1. The minimum absolute atomic E-state index is 0.0208. The molecule has 5 nitrogen and oxygen atoms in total. The van der Waals surface area contributed by atoms with E-state index < -0.39 is 18.4 Å². The normalized spacial score (nSPS) is 11.0. The number of halogens is 2. The lowest BCUT2D eigenvalue weighted by molar-refractivity contribution is -0.118. The lowest BCUT2D eigenvalue weighted by Gasteiger charge is -2.16. The molecule has 1 N–H and O–H groups in total. The van der Waals surface area contributed by atoms with Crippen molar-refractivity contribution in [3.63, 3.8) is 0 Å². The van der Waals surface area contributed by atoms with Gasteiger partial charge in [0.05, 0.1) is 7.11 Å². The van der Waals surface area contributed by atoms with Crippen molar-refractivity contribution in [3.8, 4) is 11.5 Å². The fraction of sp³-hybridized carbons (Fsp3) is 0.263. The number of nitrogens with one attached hydrogen (secondary N) is 1. The summed E-state index contributed by atoms with van der Waals surface area (Å²) in [5.74, 6) is -3.26. The van der Waals surface area contributed by atoms with Gasteiger partial charge in [-0.3, -0.25) is 9.59 Å². The number of hydrogen-bond acceptors (Lipinski definition) is 4. The molecule has 7 heteroatoms. The molecule has 2 aromatic rings. The van der Waals surface area contributed by atoms with Crippen molar-refractivity contribution in [1.82, 2.24) is 0 Å². The maximum absolute atomic E-state index is 13.6. The number of para-hydroxylation sites is 1. The van der Waals surface area contributed by atoms with Crippen molar-refractivity contribution in [3.05, 3.63) is 53.6 Å². The lowest BCUT2D eigenvalue weighted by atomic mass is 10.1. The van der Waals surface area contributed by atoms with Crippen LogP contribution in [0.2, 0.25) is 0 Å². The zero-order chi connectivity index (χ0) is 19.3. The van der Waals surface area contributed by atoms with Gasteiger partial charge in [-0.05, 0) is 31.2 Å². The molecule has 1 amide bonds. The van der Waals surface area contributed by atoms with Crippen molar-refractivity contribution in [2.24, 2.45) is 0 Å². The smallest absolute Gasteiger partial charge is 0.272 e. The van der Waals surface area contributed by atoms with E-state index in [0.29, 0.717) is 11.3 Å². The standard InChI is InChI=1S/C19H19F2NO4/c1-12(23)13-8-9-16(17(10-13)25-3)26-11-18(24)22-15-7-5-4-6-14(15)19(2,20)21/h4-10H,11H2,1-3H3,(H,22,24). The van der Waals surface area contributed by atoms with Crippen LogP contribution in [0, 0.1) is 0 Å². The largest absolute Gasteiger partial charge is 0.493 e. The van der Waals surface area contributed by atoms with Crippen LogP contribution in [-0.2, 0) is 10.7 Å². The maximum atomic E-state index is 13.6. The van der Waals surface area contributed by atoms with E-state index in [1.54, 1.807) is 12.1 Å². The monoisotopic (exact) mass is 363 g/mol. The SMILES string of the molecule is COc1cc(C(C)=O)ccc1OCC(=O)Nc1ccccc1C(C)(F)F. The van der Waals surface area contributed by atoms with Gasteiger partial charge in [0.2, 0.25) is 0 Å². The number of ether oxygens (including phenoxy) is 2. The van der Waals surface area contributed by atoms with Gasteiger partial charge in [0.15, 0.2) is 23.9 Å². The Morgan fingerprint density at radius 1 is 1.12 bits per heavy atom. The molecular weight excluding hydrogens is 344 g/mol. The highest BCUT2D eigenvalue weighted by atomic mass is 19.3. The van der Waals surface area contributed by atoms with Crippen LogP contribution in [-0.4, -0.2) is 25.4 Å². The van der Waals surface area contributed by atoms with Crippen LogP contribution >= 0.6 is 0 Å². The molecule has 0 saturated heterocycles. The van der Waals surface area contributed by atoms with Crippen LogP contribution < -0.4 is 14.8 Å². The highest BCUT2D eigenvalue weighted by Gasteiger charge is 2.27. The Morgan fingerprint density at radius 2 is 1.81 bits per heavy atom. The van der Waals surface area contributed by atoms with Gasteiger partial charge in [0.25, 0.3) is 11.8 Å². The summed E-state index contributed by atoms with van der Waals surface area (Å²) in [6.45, 7) is 1.78. The molecule has 0 aliphatic rings. The first-order chi connectivity index (χ1) is 12.2. The Balaban J connectivity index is 2.08. The third kappa shape index (κ3) is 4.78. The minimum Gasteiger partial charge on any atom is -0.493 e. The van der Waals surface area contributed by atoms with Crippen molar-refractivity contribution >= 4 is 17.4 Å². The highest BCUT2D eigenvalue weighted by Crippen LogP contribution is 2.33. The number of benzene rings is 2. The third-order valence-electron chi connectivity index (χ3n) is 3.60. The van der Waals surface area contributed by atoms with Crippen LogP contribution in [0.1, 0.15) is 29.8 Å². The van der Waals surface area contributed by atoms with Gasteiger partial charge >= 0.3 is 0 Å². The van der Waals surface area contributed by atoms with Gasteiger partial charge in [-0.2, -0.15) is 0 Å². The predicted octanol–water partition coefficient (Wildman–Crippen LogP) is 4.03. The second-order valence-electron chi connectivity index (χ2n) is 5.69. The van der Waals surface area contributed by atoms with Gasteiger partial charge < -0.3 is 14.8 Å². The fourth-order valence-electron chi connectivity index (χ4n) is 2.31. The molecule has 138 valence electrons. The van der Waals surface area contributed by atoms with Crippen molar-refractivity contribution < 1.29 is 27.8 Å². The highest BCUT2D eigenvalue weighted by molar-refractivity contribution is 5.95. The van der Waals surface area contributed by atoms with E-state index in [1.807, 2.05) is 0 Å². The molecule has 26 heavy (non-hydrogen) atoms. The van der Waals surface area contributed by atoms with Crippen LogP contribution in [0.4, 0.5) is 14.5 Å². The van der Waals surface area contributed by atoms with Crippen molar-refractivity contribution in [2.45, 2.75) is 19.8 Å². The molecular formula is C19H19F2NO4. The van der Waals surface area contributed by atoms with Crippen LogP contribution in [0.5, 0.6) is 11.5 Å². The Kier molecular flexibility index (Phi) is 5.92. The Labute approximate surface area is 149 Å². The average molecular weight is 363 g/mol. The Morgan fingerprint density at radius 3 is 2.42 bits per heavy atom. The lowest BCUT2D eigenvalue weighted by Crippen LogP contribution is -2.22. The second-order valence-corrected chi connectivity index (χ2v) is 5.69. The second kappa shape index (κ2) is 7.95. The van der Waals surface area contributed by atoms with Crippen molar-refractivity contribution in [2.75, 3.05) is 19.0 Å². The van der Waals surface area contributed by atoms with E-state index >= 15 is 0 Å². The molecule has 0 fully saturated rings. The number of Topliss-reactive ketones (excluding diaryl/α,β-unsaturated/α-hetero) is 1. The number of rotatable bonds is 7. The summed E-state index contributed by atoms with van der Waals surface area (Å²) >= 11 is 0. The van der Waals surface area contributed by atoms with Crippen molar-refractivity contribution in [1.29, 1.82) is 0 Å². The zero-order valence-electron chi connectivity index (χ0n) is 14.6. The molecule has 0 bridgehead atoms. The summed E-state index contributed by atoms with van der Waals surface area (Å²) in [4.78, 5) is 23.4. The molecule has 0 atom stereocenters. The van der Waals surface area contributed by atoms with E-state index in [1.165, 1.54) is 44.4 Å². The number of alkyl halides is 2. The number of hydrogen-bond donors (Lipinski definition) is 1. The zero-order valence-corrected chi connectivity index (χ0v) is 14.6. The topological polar surface area (TPSA) is 64.6 Å². The van der Waals surface area contributed by atoms with Gasteiger partial charge in [-0.1, -0.05) is 18.2 Å². The first-order valence-electron chi connectivity index (χ1n) is 7.81. The summed E-state index contributed by atoms with van der Waals surface area (Å²) in [6.07, 6.45) is 0. The molecule has 0 unspecified atom stereocenters. The quantitative estimate of drug-likeness (QED) is 0.755. The summed E-state index contributed by atoms with van der Waals surface area (Å²) in [5, 5.41) is 2.42. The first kappa shape index (κ1) is 19.4. The van der Waals surface area contributed by atoms with Crippen LogP contribution in [0.3, 0.4) is 0 Å². The molecule has 0 aliphatic heterocycles. The van der Waals surface area contributed by atoms with Crippen LogP contribution in [0.25, 0.3) is 0 Å².